The Hall–Kier alpha value is -1.39. The first-order valence-corrected chi connectivity index (χ1v) is 7.43. The molecule has 0 saturated heterocycles. The lowest BCUT2D eigenvalue weighted by Gasteiger charge is -2.38. The van der Waals surface area contributed by atoms with Crippen LogP contribution in [-0.4, -0.2) is 35.1 Å². The first-order valence-electron chi connectivity index (χ1n) is 7.43. The van der Waals surface area contributed by atoms with Gasteiger partial charge in [-0.3, -0.25) is 4.79 Å². The number of hydrogen-bond acceptors (Lipinski definition) is 3. The molecular weight excluding hydrogens is 252 g/mol. The Kier molecular flexibility index (Phi) is 5.56. The summed E-state index contributed by atoms with van der Waals surface area (Å²) >= 11 is 0. The number of carbonyl (C=O) groups is 1. The lowest BCUT2D eigenvalue weighted by Crippen LogP contribution is -2.45. The third-order valence-corrected chi connectivity index (χ3v) is 4.02. The molecule has 0 aliphatic heterocycles. The number of benzene rings is 1. The molecule has 1 unspecified atom stereocenters. The summed E-state index contributed by atoms with van der Waals surface area (Å²) in [4.78, 5) is 14.4. The fourth-order valence-electron chi connectivity index (χ4n) is 2.57. The third kappa shape index (κ3) is 3.81. The fourth-order valence-corrected chi connectivity index (χ4v) is 2.57. The van der Waals surface area contributed by atoms with Crippen molar-refractivity contribution in [2.24, 2.45) is 5.73 Å². The topological polar surface area (TPSA) is 66.6 Å². The summed E-state index contributed by atoms with van der Waals surface area (Å²) < 4.78 is 0. The maximum Gasteiger partial charge on any atom is 0.224 e. The van der Waals surface area contributed by atoms with Crippen LogP contribution in [0.3, 0.4) is 0 Å². The van der Waals surface area contributed by atoms with Crippen molar-refractivity contribution in [3.05, 3.63) is 35.9 Å². The van der Waals surface area contributed by atoms with Crippen LogP contribution in [-0.2, 0) is 4.79 Å². The molecule has 1 aromatic rings. The molecule has 20 heavy (non-hydrogen) atoms. The predicted octanol–water partition coefficient (Wildman–Crippen LogP) is 1.84. The minimum atomic E-state index is -0.250. The normalized spacial score (nSPS) is 16.5. The first-order chi connectivity index (χ1) is 9.72. The second-order valence-electron chi connectivity index (χ2n) is 5.47. The van der Waals surface area contributed by atoms with Gasteiger partial charge < -0.3 is 15.7 Å². The van der Waals surface area contributed by atoms with Crippen molar-refractivity contribution < 1.29 is 9.90 Å². The molecular formula is C16H24N2O2. The lowest BCUT2D eigenvalue weighted by atomic mass is 9.90. The third-order valence-electron chi connectivity index (χ3n) is 4.02. The van der Waals surface area contributed by atoms with E-state index in [1.807, 2.05) is 35.2 Å². The summed E-state index contributed by atoms with van der Waals surface area (Å²) in [6, 6.07) is 9.85. The molecule has 1 aliphatic rings. The van der Waals surface area contributed by atoms with Gasteiger partial charge >= 0.3 is 0 Å². The molecule has 1 fully saturated rings. The molecule has 1 aromatic carbocycles. The van der Waals surface area contributed by atoms with Gasteiger partial charge in [0.2, 0.25) is 5.91 Å². The van der Waals surface area contributed by atoms with Crippen LogP contribution >= 0.6 is 0 Å². The molecule has 1 atom stereocenters. The van der Waals surface area contributed by atoms with E-state index in [0.717, 1.165) is 18.4 Å². The van der Waals surface area contributed by atoms with Crippen LogP contribution in [0.15, 0.2) is 30.3 Å². The number of rotatable bonds is 7. The Bertz CT molecular complexity index is 418. The SMILES string of the molecule is NC(CC(=O)N(CCCO)C1CCC1)c1ccccc1. The second kappa shape index (κ2) is 7.41. The monoisotopic (exact) mass is 276 g/mol. The van der Waals surface area contributed by atoms with Gasteiger partial charge in [0.05, 0.1) is 0 Å². The Morgan fingerprint density at radius 2 is 2.05 bits per heavy atom. The number of aliphatic hydroxyl groups excluding tert-OH is 1. The maximum absolute atomic E-state index is 12.4. The molecule has 1 amide bonds. The van der Waals surface area contributed by atoms with Crippen molar-refractivity contribution in [2.45, 2.75) is 44.2 Å². The first kappa shape index (κ1) is 15.0. The van der Waals surface area contributed by atoms with Crippen molar-refractivity contribution >= 4 is 5.91 Å². The zero-order valence-corrected chi connectivity index (χ0v) is 11.9. The number of amides is 1. The number of nitrogens with two attached hydrogens (primary N) is 1. The lowest BCUT2D eigenvalue weighted by molar-refractivity contribution is -0.135. The van der Waals surface area contributed by atoms with Gasteiger partial charge in [-0.2, -0.15) is 0 Å². The highest BCUT2D eigenvalue weighted by Gasteiger charge is 2.29. The molecule has 110 valence electrons. The van der Waals surface area contributed by atoms with Crippen molar-refractivity contribution in [1.29, 1.82) is 0 Å². The smallest absolute Gasteiger partial charge is 0.224 e. The van der Waals surface area contributed by atoms with Crippen molar-refractivity contribution in [2.75, 3.05) is 13.2 Å². The zero-order chi connectivity index (χ0) is 14.4. The number of aliphatic hydroxyl groups is 1. The Morgan fingerprint density at radius 3 is 2.60 bits per heavy atom. The summed E-state index contributed by atoms with van der Waals surface area (Å²) in [5, 5.41) is 8.97. The van der Waals surface area contributed by atoms with Crippen molar-refractivity contribution in [3.63, 3.8) is 0 Å². The van der Waals surface area contributed by atoms with E-state index in [2.05, 4.69) is 0 Å². The standard InChI is InChI=1S/C16H24N2O2/c17-15(13-6-2-1-3-7-13)12-16(20)18(10-5-11-19)14-8-4-9-14/h1-3,6-7,14-15,19H,4-5,8-12,17H2. The molecule has 0 aromatic heterocycles. The van der Waals surface area contributed by atoms with E-state index in [4.69, 9.17) is 10.8 Å². The molecule has 0 bridgehead atoms. The molecule has 0 spiro atoms. The highest BCUT2D eigenvalue weighted by atomic mass is 16.3. The summed E-state index contributed by atoms with van der Waals surface area (Å²) in [6.07, 6.45) is 4.34. The maximum atomic E-state index is 12.4. The van der Waals surface area contributed by atoms with Crippen molar-refractivity contribution in [3.8, 4) is 0 Å². The zero-order valence-electron chi connectivity index (χ0n) is 11.9. The van der Waals surface area contributed by atoms with Crippen LogP contribution in [0.5, 0.6) is 0 Å². The number of carbonyl (C=O) groups excluding carboxylic acids is 1. The van der Waals surface area contributed by atoms with Crippen molar-refractivity contribution in [1.82, 2.24) is 4.90 Å². The number of nitrogens with zero attached hydrogens (tertiary/aromatic N) is 1. The van der Waals surface area contributed by atoms with E-state index >= 15 is 0 Å². The van der Waals surface area contributed by atoms with E-state index in [9.17, 15) is 4.79 Å². The van der Waals surface area contributed by atoms with E-state index in [1.54, 1.807) is 0 Å². The van der Waals surface area contributed by atoms with Gasteiger partial charge in [0.15, 0.2) is 0 Å². The summed E-state index contributed by atoms with van der Waals surface area (Å²) in [5.74, 6) is 0.111. The minimum Gasteiger partial charge on any atom is -0.396 e. The second-order valence-corrected chi connectivity index (χ2v) is 5.47. The van der Waals surface area contributed by atoms with Gasteiger partial charge in [-0.1, -0.05) is 30.3 Å². The molecule has 1 aliphatic carbocycles. The number of hydrogen-bond donors (Lipinski definition) is 2. The molecule has 0 radical (unpaired) electrons. The molecule has 4 heteroatoms. The van der Waals surface area contributed by atoms with Crippen LogP contribution < -0.4 is 5.73 Å². The van der Waals surface area contributed by atoms with Gasteiger partial charge in [-0.25, -0.2) is 0 Å². The van der Waals surface area contributed by atoms with Crippen LogP contribution in [0.1, 0.15) is 43.7 Å². The van der Waals surface area contributed by atoms with Gasteiger partial charge in [0.25, 0.3) is 0 Å². The molecule has 0 heterocycles. The van der Waals surface area contributed by atoms with Crippen LogP contribution in [0, 0.1) is 0 Å². The van der Waals surface area contributed by atoms with Gasteiger partial charge in [-0.05, 0) is 31.2 Å². The highest BCUT2D eigenvalue weighted by molar-refractivity contribution is 5.77. The largest absolute Gasteiger partial charge is 0.396 e. The van der Waals surface area contributed by atoms with E-state index in [0.29, 0.717) is 25.4 Å². The summed E-state index contributed by atoms with van der Waals surface area (Å²) in [6.45, 7) is 0.767. The Balaban J connectivity index is 1.93. The van der Waals surface area contributed by atoms with Crippen LogP contribution in [0.4, 0.5) is 0 Å². The van der Waals surface area contributed by atoms with E-state index in [-0.39, 0.29) is 18.6 Å². The molecule has 3 N–H and O–H groups in total. The van der Waals surface area contributed by atoms with Crippen LogP contribution in [0.25, 0.3) is 0 Å². The minimum absolute atomic E-state index is 0.111. The molecule has 4 nitrogen and oxygen atoms in total. The van der Waals surface area contributed by atoms with E-state index in [1.165, 1.54) is 6.42 Å². The average molecular weight is 276 g/mol. The van der Waals surface area contributed by atoms with Gasteiger partial charge in [0, 0.05) is 31.7 Å². The summed E-state index contributed by atoms with van der Waals surface area (Å²) in [5.41, 5.74) is 7.12. The predicted molar refractivity (Wildman–Crippen MR) is 79.0 cm³/mol. The van der Waals surface area contributed by atoms with Gasteiger partial charge in [-0.15, -0.1) is 0 Å². The highest BCUT2D eigenvalue weighted by Crippen LogP contribution is 2.26. The van der Waals surface area contributed by atoms with Crippen LogP contribution in [0.2, 0.25) is 0 Å². The summed E-state index contributed by atoms with van der Waals surface area (Å²) in [7, 11) is 0. The quantitative estimate of drug-likeness (QED) is 0.798. The average Bonchev–Trinajstić information content (AvgIpc) is 2.42. The Morgan fingerprint density at radius 1 is 1.35 bits per heavy atom. The van der Waals surface area contributed by atoms with Gasteiger partial charge in [0.1, 0.15) is 0 Å². The fraction of sp³-hybridized carbons (Fsp3) is 0.562. The Labute approximate surface area is 120 Å². The molecule has 1 saturated carbocycles. The van der Waals surface area contributed by atoms with E-state index < -0.39 is 0 Å². The molecule has 2 rings (SSSR count).